The normalized spacial score (nSPS) is 13.8. The first-order chi connectivity index (χ1) is 13.3. The highest BCUT2D eigenvalue weighted by molar-refractivity contribution is 5.43. The maximum Gasteiger partial charge on any atom is 0.416 e. The zero-order valence-corrected chi connectivity index (χ0v) is 16.2. The average Bonchev–Trinajstić information content (AvgIpc) is 2.70. The minimum Gasteiger partial charge on any atom is -0.493 e. The van der Waals surface area contributed by atoms with Crippen LogP contribution in [0.3, 0.4) is 0 Å². The van der Waals surface area contributed by atoms with Crippen LogP contribution < -0.4 is 14.8 Å². The molecule has 7 heteroatoms. The van der Waals surface area contributed by atoms with Gasteiger partial charge in [-0.15, -0.1) is 0 Å². The van der Waals surface area contributed by atoms with Crippen molar-refractivity contribution in [2.24, 2.45) is 0 Å². The monoisotopic (exact) mass is 397 g/mol. The Morgan fingerprint density at radius 3 is 2.36 bits per heavy atom. The summed E-state index contributed by atoms with van der Waals surface area (Å²) in [6.45, 7) is 2.17. The van der Waals surface area contributed by atoms with Crippen molar-refractivity contribution < 1.29 is 27.8 Å². The van der Waals surface area contributed by atoms with Crippen molar-refractivity contribution >= 4 is 0 Å². The molecule has 2 rings (SSSR count). The van der Waals surface area contributed by atoms with E-state index in [9.17, 15) is 18.3 Å². The number of benzene rings is 2. The van der Waals surface area contributed by atoms with Crippen LogP contribution in [0.5, 0.6) is 11.5 Å². The van der Waals surface area contributed by atoms with Gasteiger partial charge in [0.05, 0.1) is 25.9 Å². The van der Waals surface area contributed by atoms with Crippen molar-refractivity contribution in [1.29, 1.82) is 0 Å². The second-order valence-electron chi connectivity index (χ2n) is 6.55. The van der Waals surface area contributed by atoms with Crippen molar-refractivity contribution in [2.45, 2.75) is 38.1 Å². The highest BCUT2D eigenvalue weighted by Crippen LogP contribution is 2.31. The van der Waals surface area contributed by atoms with Crippen LogP contribution in [0.4, 0.5) is 13.2 Å². The van der Waals surface area contributed by atoms with Gasteiger partial charge in [0.25, 0.3) is 0 Å². The lowest BCUT2D eigenvalue weighted by atomic mass is 10.0. The average molecular weight is 397 g/mol. The van der Waals surface area contributed by atoms with Gasteiger partial charge in [-0.2, -0.15) is 13.2 Å². The predicted molar refractivity (Wildman–Crippen MR) is 102 cm³/mol. The minimum atomic E-state index is -4.43. The van der Waals surface area contributed by atoms with Crippen LogP contribution in [0.25, 0.3) is 0 Å². The first-order valence-corrected chi connectivity index (χ1v) is 9.08. The van der Waals surface area contributed by atoms with Crippen LogP contribution in [0.1, 0.15) is 36.1 Å². The Bertz CT molecular complexity index is 765. The lowest BCUT2D eigenvalue weighted by molar-refractivity contribution is -0.137. The number of rotatable bonds is 9. The highest BCUT2D eigenvalue weighted by atomic mass is 19.4. The van der Waals surface area contributed by atoms with E-state index in [1.165, 1.54) is 12.1 Å². The van der Waals surface area contributed by atoms with Crippen molar-refractivity contribution in [3.8, 4) is 11.5 Å². The summed E-state index contributed by atoms with van der Waals surface area (Å²) < 4.78 is 49.1. The first kappa shape index (κ1) is 22.0. The first-order valence-electron chi connectivity index (χ1n) is 9.08. The van der Waals surface area contributed by atoms with Gasteiger partial charge >= 0.3 is 6.18 Å². The number of nitrogens with one attached hydrogen (secondary N) is 1. The van der Waals surface area contributed by atoms with E-state index in [4.69, 9.17) is 9.47 Å². The quantitative estimate of drug-likeness (QED) is 0.660. The van der Waals surface area contributed by atoms with Crippen LogP contribution >= 0.6 is 0 Å². The highest BCUT2D eigenvalue weighted by Gasteiger charge is 2.30. The van der Waals surface area contributed by atoms with Gasteiger partial charge in [0.2, 0.25) is 0 Å². The molecular formula is C21H26F3NO3. The summed E-state index contributed by atoms with van der Waals surface area (Å²) in [5.41, 5.74) is 0.510. The summed E-state index contributed by atoms with van der Waals surface area (Å²) in [7, 11) is 3.14. The van der Waals surface area contributed by atoms with Crippen molar-refractivity contribution in [1.82, 2.24) is 5.32 Å². The fraction of sp³-hybridized carbons (Fsp3) is 0.429. The molecule has 0 aromatic heterocycles. The van der Waals surface area contributed by atoms with E-state index >= 15 is 0 Å². The fourth-order valence-electron chi connectivity index (χ4n) is 2.97. The largest absolute Gasteiger partial charge is 0.493 e. The summed E-state index contributed by atoms with van der Waals surface area (Å²) in [5, 5.41) is 13.5. The van der Waals surface area contributed by atoms with Crippen LogP contribution in [-0.4, -0.2) is 31.9 Å². The molecule has 0 saturated carbocycles. The Labute approximate surface area is 163 Å². The molecule has 0 saturated heterocycles. The third-order valence-corrected chi connectivity index (χ3v) is 4.62. The van der Waals surface area contributed by atoms with Gasteiger partial charge < -0.3 is 19.9 Å². The molecule has 0 heterocycles. The molecule has 2 aromatic carbocycles. The van der Waals surface area contributed by atoms with Gasteiger partial charge in [0.1, 0.15) is 0 Å². The topological polar surface area (TPSA) is 50.7 Å². The van der Waals surface area contributed by atoms with Gasteiger partial charge in [0, 0.05) is 12.6 Å². The molecule has 0 bridgehead atoms. The molecule has 0 fully saturated rings. The standard InChI is InChI=1S/C21H26F3NO3/c1-4-17(10-14-8-9-19(27-2)20(11-14)28-3)25-13-18(26)15-6-5-7-16(12-15)21(22,23)24/h5-9,11-12,17-18,25-26H,4,10,13H2,1-3H3/t17-,18+/m1/s1. The van der Waals surface area contributed by atoms with Gasteiger partial charge in [-0.25, -0.2) is 0 Å². The molecule has 0 aliphatic heterocycles. The smallest absolute Gasteiger partial charge is 0.416 e. The molecule has 0 aliphatic carbocycles. The van der Waals surface area contributed by atoms with Crippen molar-refractivity contribution in [2.75, 3.05) is 20.8 Å². The zero-order chi connectivity index (χ0) is 20.7. The van der Waals surface area contributed by atoms with E-state index in [-0.39, 0.29) is 18.2 Å². The zero-order valence-electron chi connectivity index (χ0n) is 16.2. The Morgan fingerprint density at radius 2 is 1.75 bits per heavy atom. The summed E-state index contributed by atoms with van der Waals surface area (Å²) in [6, 6.07) is 10.5. The lowest BCUT2D eigenvalue weighted by Crippen LogP contribution is -2.34. The molecule has 0 radical (unpaired) electrons. The van der Waals surface area contributed by atoms with Gasteiger partial charge in [-0.3, -0.25) is 0 Å². The molecule has 0 aliphatic rings. The Kier molecular flexibility index (Phi) is 7.71. The van der Waals surface area contributed by atoms with Gasteiger partial charge in [0.15, 0.2) is 11.5 Å². The number of alkyl halides is 3. The summed E-state index contributed by atoms with van der Waals surface area (Å²) in [4.78, 5) is 0. The van der Waals surface area contributed by atoms with Crippen molar-refractivity contribution in [3.63, 3.8) is 0 Å². The molecular weight excluding hydrogens is 371 g/mol. The maximum atomic E-state index is 12.8. The van der Waals surface area contributed by atoms with E-state index in [2.05, 4.69) is 5.32 Å². The van der Waals surface area contributed by atoms with Gasteiger partial charge in [-0.1, -0.05) is 25.1 Å². The number of hydrogen-bond donors (Lipinski definition) is 2. The van der Waals surface area contributed by atoms with Crippen LogP contribution in [-0.2, 0) is 12.6 Å². The van der Waals surface area contributed by atoms with Crippen LogP contribution in [0, 0.1) is 0 Å². The Hall–Kier alpha value is -2.25. The Balaban J connectivity index is 2.00. The third kappa shape index (κ3) is 5.87. The minimum absolute atomic E-state index is 0.0542. The van der Waals surface area contributed by atoms with Crippen molar-refractivity contribution in [3.05, 3.63) is 59.2 Å². The molecule has 0 spiro atoms. The molecule has 28 heavy (non-hydrogen) atoms. The summed E-state index contributed by atoms with van der Waals surface area (Å²) >= 11 is 0. The molecule has 2 N–H and O–H groups in total. The van der Waals surface area contributed by atoms with E-state index in [0.717, 1.165) is 24.1 Å². The number of methoxy groups -OCH3 is 2. The maximum absolute atomic E-state index is 12.8. The summed E-state index contributed by atoms with van der Waals surface area (Å²) in [5.74, 6) is 1.28. The molecule has 0 amide bonds. The number of hydrogen-bond acceptors (Lipinski definition) is 4. The predicted octanol–water partition coefficient (Wildman–Crippen LogP) is 4.37. The fourth-order valence-corrected chi connectivity index (χ4v) is 2.97. The Morgan fingerprint density at radius 1 is 1.04 bits per heavy atom. The molecule has 0 unspecified atom stereocenters. The SMILES string of the molecule is CC[C@H](Cc1ccc(OC)c(OC)c1)NC[C@H](O)c1cccc(C(F)(F)F)c1. The molecule has 4 nitrogen and oxygen atoms in total. The van der Waals surface area contributed by atoms with E-state index in [0.29, 0.717) is 17.9 Å². The second kappa shape index (κ2) is 9.80. The third-order valence-electron chi connectivity index (χ3n) is 4.62. The second-order valence-corrected chi connectivity index (χ2v) is 6.55. The van der Waals surface area contributed by atoms with Crippen LogP contribution in [0.15, 0.2) is 42.5 Å². The van der Waals surface area contributed by atoms with E-state index < -0.39 is 17.8 Å². The summed E-state index contributed by atoms with van der Waals surface area (Å²) in [6.07, 6.45) is -3.97. The van der Waals surface area contributed by atoms with E-state index in [1.54, 1.807) is 14.2 Å². The number of ether oxygens (including phenoxy) is 2. The molecule has 154 valence electrons. The number of aliphatic hydroxyl groups excluding tert-OH is 1. The van der Waals surface area contributed by atoms with Gasteiger partial charge in [-0.05, 0) is 48.2 Å². The molecule has 2 aromatic rings. The number of halogens is 3. The lowest BCUT2D eigenvalue weighted by Gasteiger charge is -2.21. The molecule has 2 atom stereocenters. The number of aliphatic hydroxyl groups is 1. The van der Waals surface area contributed by atoms with Crippen LogP contribution in [0.2, 0.25) is 0 Å². The van der Waals surface area contributed by atoms with E-state index in [1.807, 2.05) is 25.1 Å².